The number of nitrogens with zero attached hydrogens (tertiary/aromatic N) is 1. The minimum Gasteiger partial charge on any atom is -0.507 e. The van der Waals surface area contributed by atoms with Crippen molar-refractivity contribution in [3.63, 3.8) is 0 Å². The molecule has 2 N–H and O–H groups in total. The van der Waals surface area contributed by atoms with Crippen molar-refractivity contribution < 1.29 is 19.7 Å². The van der Waals surface area contributed by atoms with Crippen LogP contribution < -0.4 is 9.47 Å². The first kappa shape index (κ1) is 17.6. The number of ether oxygens (including phenoxy) is 2. The lowest BCUT2D eigenvalue weighted by Crippen LogP contribution is -2.37. The number of halogens is 1. The molecule has 2 unspecified atom stereocenters. The summed E-state index contributed by atoms with van der Waals surface area (Å²) in [6, 6.07) is 11.3. The molecule has 1 saturated heterocycles. The second-order valence-electron chi connectivity index (χ2n) is 6.97. The molecule has 26 heavy (non-hydrogen) atoms. The van der Waals surface area contributed by atoms with Gasteiger partial charge in [0.2, 0.25) is 6.79 Å². The zero-order valence-electron chi connectivity index (χ0n) is 14.4. The van der Waals surface area contributed by atoms with Crippen LogP contribution in [0.4, 0.5) is 0 Å². The Kier molecular flexibility index (Phi) is 5.07. The summed E-state index contributed by atoms with van der Waals surface area (Å²) >= 11 is 3.43. The number of rotatable bonds is 4. The molecule has 2 aromatic carbocycles. The van der Waals surface area contributed by atoms with E-state index in [1.807, 2.05) is 30.3 Å². The Morgan fingerprint density at radius 3 is 2.65 bits per heavy atom. The van der Waals surface area contributed by atoms with Crippen LogP contribution in [0.25, 0.3) is 0 Å². The lowest BCUT2D eigenvalue weighted by molar-refractivity contribution is 0.0473. The number of likely N-dealkylation sites (tertiary alicyclic amines) is 1. The summed E-state index contributed by atoms with van der Waals surface area (Å²) in [4.78, 5) is 2.29. The van der Waals surface area contributed by atoms with E-state index in [0.29, 0.717) is 18.0 Å². The third-order valence-corrected chi connectivity index (χ3v) is 5.70. The number of aliphatic hydroxyl groups excluding tert-OH is 1. The number of phenolic OH excluding ortho intramolecular Hbond substituents is 1. The van der Waals surface area contributed by atoms with Crippen LogP contribution in [-0.2, 0) is 6.54 Å². The lowest BCUT2D eigenvalue weighted by atomic mass is 9.88. The van der Waals surface area contributed by atoms with Gasteiger partial charge in [-0.3, -0.25) is 4.90 Å². The van der Waals surface area contributed by atoms with Crippen molar-refractivity contribution in [2.45, 2.75) is 25.5 Å². The highest BCUT2D eigenvalue weighted by molar-refractivity contribution is 9.10. The number of piperidine rings is 1. The normalized spacial score (nSPS) is 20.9. The fourth-order valence-corrected chi connectivity index (χ4v) is 4.03. The van der Waals surface area contributed by atoms with E-state index in [1.54, 1.807) is 6.07 Å². The third kappa shape index (κ3) is 3.68. The van der Waals surface area contributed by atoms with Crippen molar-refractivity contribution in [3.8, 4) is 17.2 Å². The summed E-state index contributed by atoms with van der Waals surface area (Å²) < 4.78 is 11.7. The Morgan fingerprint density at radius 1 is 1.15 bits per heavy atom. The molecule has 138 valence electrons. The second kappa shape index (κ2) is 7.47. The monoisotopic (exact) mass is 419 g/mol. The van der Waals surface area contributed by atoms with Crippen LogP contribution in [0.2, 0.25) is 0 Å². The van der Waals surface area contributed by atoms with Gasteiger partial charge in [0.05, 0.1) is 6.10 Å². The van der Waals surface area contributed by atoms with Crippen LogP contribution in [0, 0.1) is 5.92 Å². The molecule has 2 aliphatic rings. The van der Waals surface area contributed by atoms with Gasteiger partial charge in [0.1, 0.15) is 5.75 Å². The molecule has 0 aromatic heterocycles. The van der Waals surface area contributed by atoms with E-state index in [2.05, 4.69) is 20.8 Å². The minimum absolute atomic E-state index is 0.182. The van der Waals surface area contributed by atoms with E-state index in [0.717, 1.165) is 41.5 Å². The Balaban J connectivity index is 1.45. The fourth-order valence-electron chi connectivity index (χ4n) is 3.77. The number of aromatic hydroxyl groups is 1. The van der Waals surface area contributed by atoms with Crippen LogP contribution in [0.15, 0.2) is 40.9 Å². The van der Waals surface area contributed by atoms with Gasteiger partial charge in [-0.1, -0.05) is 28.1 Å². The molecule has 0 aliphatic carbocycles. The van der Waals surface area contributed by atoms with Crippen LogP contribution in [0.1, 0.15) is 30.1 Å². The number of fused-ring (bicyclic) bond motifs is 1. The number of benzene rings is 2. The second-order valence-corrected chi connectivity index (χ2v) is 7.88. The van der Waals surface area contributed by atoms with Crippen molar-refractivity contribution in [1.29, 1.82) is 0 Å². The molecule has 0 radical (unpaired) electrons. The topological polar surface area (TPSA) is 62.2 Å². The van der Waals surface area contributed by atoms with E-state index in [1.165, 1.54) is 0 Å². The van der Waals surface area contributed by atoms with Gasteiger partial charge in [-0.2, -0.15) is 0 Å². The average molecular weight is 420 g/mol. The van der Waals surface area contributed by atoms with E-state index >= 15 is 0 Å². The number of phenols is 1. The summed E-state index contributed by atoms with van der Waals surface area (Å²) in [5.41, 5.74) is 1.78. The molecular weight excluding hydrogens is 398 g/mol. The maximum Gasteiger partial charge on any atom is 0.231 e. The number of hydrogen-bond acceptors (Lipinski definition) is 5. The van der Waals surface area contributed by atoms with Crippen LogP contribution in [-0.4, -0.2) is 35.0 Å². The maximum absolute atomic E-state index is 10.8. The molecule has 2 heterocycles. The van der Waals surface area contributed by atoms with Crippen molar-refractivity contribution >= 4 is 15.9 Å². The van der Waals surface area contributed by atoms with Crippen LogP contribution in [0.5, 0.6) is 17.2 Å². The first-order valence-corrected chi connectivity index (χ1v) is 9.67. The van der Waals surface area contributed by atoms with E-state index < -0.39 is 6.10 Å². The molecule has 4 rings (SSSR count). The molecule has 0 amide bonds. The van der Waals surface area contributed by atoms with Crippen molar-refractivity contribution in [2.24, 2.45) is 5.92 Å². The van der Waals surface area contributed by atoms with E-state index in [-0.39, 0.29) is 18.5 Å². The largest absolute Gasteiger partial charge is 0.507 e. The van der Waals surface area contributed by atoms with Gasteiger partial charge in [0.15, 0.2) is 11.5 Å². The van der Waals surface area contributed by atoms with Crippen molar-refractivity contribution in [2.75, 3.05) is 19.9 Å². The Labute approximate surface area is 161 Å². The zero-order valence-corrected chi connectivity index (χ0v) is 16.0. The molecule has 2 aromatic rings. The first-order chi connectivity index (χ1) is 12.6. The van der Waals surface area contributed by atoms with Gasteiger partial charge in [-0.05, 0) is 43.1 Å². The van der Waals surface area contributed by atoms with Gasteiger partial charge in [-0.15, -0.1) is 0 Å². The summed E-state index contributed by atoms with van der Waals surface area (Å²) in [6.07, 6.45) is 1.56. The molecule has 2 aliphatic heterocycles. The summed E-state index contributed by atoms with van der Waals surface area (Å²) in [6.45, 7) is 2.58. The summed E-state index contributed by atoms with van der Waals surface area (Å²) in [5.74, 6) is 1.68. The van der Waals surface area contributed by atoms with Crippen molar-refractivity contribution in [1.82, 2.24) is 4.90 Å². The summed E-state index contributed by atoms with van der Waals surface area (Å²) in [7, 11) is 0. The molecule has 6 heteroatoms. The lowest BCUT2D eigenvalue weighted by Gasteiger charge is -2.35. The average Bonchev–Trinajstić information content (AvgIpc) is 3.09. The first-order valence-electron chi connectivity index (χ1n) is 8.87. The quantitative estimate of drug-likeness (QED) is 0.788. The molecule has 2 atom stereocenters. The molecule has 0 saturated carbocycles. The highest BCUT2D eigenvalue weighted by atomic mass is 79.9. The minimum atomic E-state index is -0.476. The standard InChI is InChI=1S/C20H22BrNO4/c21-16-5-3-13(4-6-16)20(24)14-2-1-7-22(10-14)11-15-8-18-19(9-17(15)23)26-12-25-18/h3-6,8-9,14,20,23-24H,1-2,7,10-12H2. The zero-order chi connectivity index (χ0) is 18.1. The maximum atomic E-state index is 10.8. The Bertz CT molecular complexity index is 780. The highest BCUT2D eigenvalue weighted by Gasteiger charge is 2.28. The SMILES string of the molecule is Oc1cc2c(cc1CN1CCCC(C(O)c3ccc(Br)cc3)C1)OCO2. The van der Waals surface area contributed by atoms with E-state index in [9.17, 15) is 10.2 Å². The van der Waals surface area contributed by atoms with Gasteiger partial charge >= 0.3 is 0 Å². The molecule has 1 fully saturated rings. The van der Waals surface area contributed by atoms with Crippen LogP contribution >= 0.6 is 15.9 Å². The third-order valence-electron chi connectivity index (χ3n) is 5.17. The van der Waals surface area contributed by atoms with Gasteiger partial charge in [0.25, 0.3) is 0 Å². The van der Waals surface area contributed by atoms with Gasteiger partial charge < -0.3 is 19.7 Å². The molecular formula is C20H22BrNO4. The predicted octanol–water partition coefficient (Wildman–Crippen LogP) is 3.83. The number of aliphatic hydroxyl groups is 1. The van der Waals surface area contributed by atoms with Gasteiger partial charge in [-0.25, -0.2) is 0 Å². The van der Waals surface area contributed by atoms with E-state index in [4.69, 9.17) is 9.47 Å². The number of hydrogen-bond donors (Lipinski definition) is 2. The van der Waals surface area contributed by atoms with Gasteiger partial charge in [0, 0.05) is 35.1 Å². The molecule has 5 nitrogen and oxygen atoms in total. The molecule has 0 spiro atoms. The Morgan fingerprint density at radius 2 is 1.88 bits per heavy atom. The predicted molar refractivity (Wildman–Crippen MR) is 101 cm³/mol. The highest BCUT2D eigenvalue weighted by Crippen LogP contribution is 2.39. The smallest absolute Gasteiger partial charge is 0.231 e. The molecule has 0 bridgehead atoms. The van der Waals surface area contributed by atoms with Crippen LogP contribution in [0.3, 0.4) is 0 Å². The van der Waals surface area contributed by atoms with Crippen molar-refractivity contribution in [3.05, 3.63) is 52.0 Å². The summed E-state index contributed by atoms with van der Waals surface area (Å²) in [5, 5.41) is 21.0. The fraction of sp³-hybridized carbons (Fsp3) is 0.400. The Hall–Kier alpha value is -1.76.